The summed E-state index contributed by atoms with van der Waals surface area (Å²) >= 11 is 0. The van der Waals surface area contributed by atoms with Gasteiger partial charge in [-0.25, -0.2) is 4.39 Å². The van der Waals surface area contributed by atoms with Crippen molar-refractivity contribution in [1.82, 2.24) is 5.32 Å². The Morgan fingerprint density at radius 2 is 2.05 bits per heavy atom. The van der Waals surface area contributed by atoms with Gasteiger partial charge < -0.3 is 9.73 Å². The number of hydrogen-bond acceptors (Lipinski definition) is 2. The third-order valence-corrected chi connectivity index (χ3v) is 3.34. The number of benzene rings is 1. The van der Waals surface area contributed by atoms with E-state index in [1.54, 1.807) is 13.2 Å². The second-order valence-corrected chi connectivity index (χ2v) is 4.65. The van der Waals surface area contributed by atoms with Crippen molar-refractivity contribution >= 4 is 0 Å². The van der Waals surface area contributed by atoms with Gasteiger partial charge in [-0.1, -0.05) is 26.0 Å². The van der Waals surface area contributed by atoms with E-state index in [0.29, 0.717) is 5.56 Å². The van der Waals surface area contributed by atoms with E-state index in [-0.39, 0.29) is 11.9 Å². The first-order valence-electron chi connectivity index (χ1n) is 6.73. The Labute approximate surface area is 113 Å². The average Bonchev–Trinajstić information content (AvgIpc) is 2.87. The van der Waals surface area contributed by atoms with Crippen molar-refractivity contribution in [3.63, 3.8) is 0 Å². The van der Waals surface area contributed by atoms with Crippen molar-refractivity contribution < 1.29 is 8.81 Å². The standard InChI is InChI=1S/C16H20FNO/c1-4-15-13(8-9-19-15)16(18-5-2)12-6-7-14(17)11(3)10-12/h6-10,16,18H,4-5H2,1-3H3. The maximum absolute atomic E-state index is 13.4. The molecule has 0 saturated carbocycles. The molecule has 1 aromatic heterocycles. The van der Waals surface area contributed by atoms with Crippen molar-refractivity contribution in [2.45, 2.75) is 33.2 Å². The maximum Gasteiger partial charge on any atom is 0.126 e. The zero-order valence-electron chi connectivity index (χ0n) is 11.7. The highest BCUT2D eigenvalue weighted by molar-refractivity contribution is 5.35. The molecule has 0 aliphatic rings. The van der Waals surface area contributed by atoms with Crippen molar-refractivity contribution in [2.75, 3.05) is 6.54 Å². The van der Waals surface area contributed by atoms with Gasteiger partial charge >= 0.3 is 0 Å². The fourth-order valence-corrected chi connectivity index (χ4v) is 2.35. The van der Waals surface area contributed by atoms with Crippen LogP contribution >= 0.6 is 0 Å². The molecular weight excluding hydrogens is 241 g/mol. The lowest BCUT2D eigenvalue weighted by atomic mass is 9.96. The van der Waals surface area contributed by atoms with Gasteiger partial charge in [0, 0.05) is 12.0 Å². The molecule has 0 bridgehead atoms. The van der Waals surface area contributed by atoms with E-state index in [4.69, 9.17) is 4.42 Å². The van der Waals surface area contributed by atoms with Crippen LogP contribution in [-0.4, -0.2) is 6.54 Å². The van der Waals surface area contributed by atoms with Gasteiger partial charge in [0.1, 0.15) is 11.6 Å². The molecule has 1 atom stereocenters. The lowest BCUT2D eigenvalue weighted by molar-refractivity contribution is 0.502. The van der Waals surface area contributed by atoms with Crippen LogP contribution in [-0.2, 0) is 6.42 Å². The van der Waals surface area contributed by atoms with Gasteiger partial charge in [0.15, 0.2) is 0 Å². The van der Waals surface area contributed by atoms with Gasteiger partial charge in [0.2, 0.25) is 0 Å². The van der Waals surface area contributed by atoms with E-state index in [1.807, 2.05) is 18.2 Å². The molecule has 19 heavy (non-hydrogen) atoms. The summed E-state index contributed by atoms with van der Waals surface area (Å²) in [6, 6.07) is 7.31. The largest absolute Gasteiger partial charge is 0.469 e. The molecule has 0 saturated heterocycles. The number of furan rings is 1. The lowest BCUT2D eigenvalue weighted by Crippen LogP contribution is -2.22. The van der Waals surface area contributed by atoms with Crippen molar-refractivity contribution in [3.8, 4) is 0 Å². The van der Waals surface area contributed by atoms with Gasteiger partial charge in [-0.05, 0) is 36.7 Å². The van der Waals surface area contributed by atoms with E-state index < -0.39 is 0 Å². The van der Waals surface area contributed by atoms with E-state index in [1.165, 1.54) is 6.07 Å². The monoisotopic (exact) mass is 261 g/mol. The summed E-state index contributed by atoms with van der Waals surface area (Å²) < 4.78 is 18.9. The molecular formula is C16H20FNO. The van der Waals surface area contributed by atoms with Crippen LogP contribution in [0.4, 0.5) is 4.39 Å². The Bertz CT molecular complexity index is 547. The Hall–Kier alpha value is -1.61. The van der Waals surface area contributed by atoms with Gasteiger partial charge in [0.25, 0.3) is 0 Å². The summed E-state index contributed by atoms with van der Waals surface area (Å²) in [5, 5.41) is 3.44. The van der Waals surface area contributed by atoms with Crippen LogP contribution in [0.2, 0.25) is 0 Å². The number of halogens is 1. The minimum absolute atomic E-state index is 0.0537. The molecule has 102 valence electrons. The van der Waals surface area contributed by atoms with Crippen LogP contribution in [0.25, 0.3) is 0 Å². The van der Waals surface area contributed by atoms with E-state index in [2.05, 4.69) is 19.2 Å². The summed E-state index contributed by atoms with van der Waals surface area (Å²) in [5.41, 5.74) is 2.87. The SMILES string of the molecule is CCNC(c1ccc(F)c(C)c1)c1ccoc1CC. The topological polar surface area (TPSA) is 25.2 Å². The molecule has 0 aliphatic carbocycles. The first-order valence-corrected chi connectivity index (χ1v) is 6.73. The molecule has 2 aromatic rings. The number of nitrogens with one attached hydrogen (secondary N) is 1. The normalized spacial score (nSPS) is 12.6. The Morgan fingerprint density at radius 3 is 2.68 bits per heavy atom. The number of aryl methyl sites for hydroxylation is 2. The fraction of sp³-hybridized carbons (Fsp3) is 0.375. The minimum Gasteiger partial charge on any atom is -0.469 e. The van der Waals surface area contributed by atoms with Gasteiger partial charge in [-0.15, -0.1) is 0 Å². The van der Waals surface area contributed by atoms with E-state index in [0.717, 1.165) is 29.9 Å². The minimum atomic E-state index is -0.165. The lowest BCUT2D eigenvalue weighted by Gasteiger charge is -2.19. The van der Waals surface area contributed by atoms with E-state index >= 15 is 0 Å². The summed E-state index contributed by atoms with van der Waals surface area (Å²) in [6.45, 7) is 6.77. The Morgan fingerprint density at radius 1 is 1.26 bits per heavy atom. The fourth-order valence-electron chi connectivity index (χ4n) is 2.35. The molecule has 1 N–H and O–H groups in total. The molecule has 1 aromatic carbocycles. The summed E-state index contributed by atoms with van der Waals surface area (Å²) in [5.74, 6) is 0.815. The molecule has 0 aliphatic heterocycles. The smallest absolute Gasteiger partial charge is 0.126 e. The second-order valence-electron chi connectivity index (χ2n) is 4.65. The van der Waals surface area contributed by atoms with Crippen LogP contribution in [0.1, 0.15) is 42.3 Å². The van der Waals surface area contributed by atoms with Crippen molar-refractivity contribution in [3.05, 3.63) is 58.8 Å². The molecule has 2 nitrogen and oxygen atoms in total. The zero-order valence-corrected chi connectivity index (χ0v) is 11.7. The highest BCUT2D eigenvalue weighted by atomic mass is 19.1. The maximum atomic E-state index is 13.4. The molecule has 2 rings (SSSR count). The molecule has 3 heteroatoms. The summed E-state index contributed by atoms with van der Waals surface area (Å²) in [7, 11) is 0. The molecule has 0 fully saturated rings. The third kappa shape index (κ3) is 2.87. The summed E-state index contributed by atoms with van der Waals surface area (Å²) in [6.07, 6.45) is 2.57. The van der Waals surface area contributed by atoms with Gasteiger partial charge in [-0.3, -0.25) is 0 Å². The van der Waals surface area contributed by atoms with Crippen LogP contribution in [0, 0.1) is 12.7 Å². The zero-order chi connectivity index (χ0) is 13.8. The van der Waals surface area contributed by atoms with Gasteiger partial charge in [-0.2, -0.15) is 0 Å². The van der Waals surface area contributed by atoms with Crippen LogP contribution in [0.5, 0.6) is 0 Å². The second kappa shape index (κ2) is 6.02. The van der Waals surface area contributed by atoms with Crippen LogP contribution in [0.15, 0.2) is 34.9 Å². The highest BCUT2D eigenvalue weighted by Gasteiger charge is 2.18. The molecule has 0 amide bonds. The Balaban J connectivity index is 2.42. The van der Waals surface area contributed by atoms with Crippen molar-refractivity contribution in [1.29, 1.82) is 0 Å². The quantitative estimate of drug-likeness (QED) is 0.880. The highest BCUT2D eigenvalue weighted by Crippen LogP contribution is 2.27. The van der Waals surface area contributed by atoms with Crippen LogP contribution in [0.3, 0.4) is 0 Å². The van der Waals surface area contributed by atoms with Crippen LogP contribution < -0.4 is 5.32 Å². The Kier molecular flexibility index (Phi) is 4.38. The van der Waals surface area contributed by atoms with Crippen molar-refractivity contribution in [2.24, 2.45) is 0 Å². The van der Waals surface area contributed by atoms with Gasteiger partial charge in [0.05, 0.1) is 12.3 Å². The number of hydrogen-bond donors (Lipinski definition) is 1. The third-order valence-electron chi connectivity index (χ3n) is 3.34. The summed E-state index contributed by atoms with van der Waals surface area (Å²) in [4.78, 5) is 0. The molecule has 1 heterocycles. The molecule has 1 unspecified atom stereocenters. The molecule has 0 spiro atoms. The molecule has 0 radical (unpaired) electrons. The first-order chi connectivity index (χ1) is 9.17. The predicted molar refractivity (Wildman–Crippen MR) is 74.7 cm³/mol. The van der Waals surface area contributed by atoms with E-state index in [9.17, 15) is 4.39 Å². The first kappa shape index (κ1) is 13.8. The average molecular weight is 261 g/mol. The number of rotatable bonds is 5. The predicted octanol–water partition coefficient (Wildman–Crippen LogP) is 3.99.